The van der Waals surface area contributed by atoms with Gasteiger partial charge in [-0.15, -0.1) is 0 Å². The van der Waals surface area contributed by atoms with Gasteiger partial charge in [0.2, 0.25) is 0 Å². The molecule has 206 valence electrons. The highest BCUT2D eigenvalue weighted by Gasteiger charge is 2.39. The van der Waals surface area contributed by atoms with Crippen LogP contribution in [0.4, 0.5) is 0 Å². The van der Waals surface area contributed by atoms with Crippen LogP contribution in [0.1, 0.15) is 156 Å². The van der Waals surface area contributed by atoms with Crippen molar-refractivity contribution in [2.75, 3.05) is 25.6 Å². The summed E-state index contributed by atoms with van der Waals surface area (Å²) in [4.78, 5) is 0. The number of hydrogen-bond donors (Lipinski definition) is 1. The van der Waals surface area contributed by atoms with Crippen molar-refractivity contribution in [2.45, 2.75) is 162 Å². The van der Waals surface area contributed by atoms with E-state index in [0.717, 1.165) is 11.8 Å². The van der Waals surface area contributed by atoms with Gasteiger partial charge >= 0.3 is 8.80 Å². The highest BCUT2D eigenvalue weighted by molar-refractivity contribution is 7.80. The molecule has 0 amide bonds. The van der Waals surface area contributed by atoms with E-state index >= 15 is 0 Å². The third kappa shape index (κ3) is 22.9. The first-order valence-corrected chi connectivity index (χ1v) is 17.8. The van der Waals surface area contributed by atoms with E-state index in [1.165, 1.54) is 135 Å². The SMILES string of the molecule is CCO[Si](CCCCCCCCCCCCCCCCCCCCCCCS)(OCC)OCC. The van der Waals surface area contributed by atoms with Gasteiger partial charge in [0, 0.05) is 25.9 Å². The summed E-state index contributed by atoms with van der Waals surface area (Å²) >= 11 is 4.28. The predicted octanol–water partition coefficient (Wildman–Crippen LogP) is 10.2. The maximum Gasteiger partial charge on any atom is 0.500 e. The summed E-state index contributed by atoms with van der Waals surface area (Å²) < 4.78 is 17.8. The third-order valence-corrected chi connectivity index (χ3v) is 10.2. The highest BCUT2D eigenvalue weighted by atomic mass is 32.1. The van der Waals surface area contributed by atoms with Crippen molar-refractivity contribution in [2.24, 2.45) is 0 Å². The second kappa shape index (κ2) is 28.0. The fraction of sp³-hybridized carbons (Fsp3) is 1.00. The van der Waals surface area contributed by atoms with E-state index in [1.54, 1.807) is 0 Å². The quantitative estimate of drug-likeness (QED) is 0.0606. The van der Waals surface area contributed by atoms with Gasteiger partial charge in [0.25, 0.3) is 0 Å². The third-order valence-electron chi connectivity index (χ3n) is 6.73. The van der Waals surface area contributed by atoms with E-state index in [9.17, 15) is 0 Å². The number of unbranched alkanes of at least 4 members (excludes halogenated alkanes) is 20. The Morgan fingerprint density at radius 3 is 0.853 bits per heavy atom. The standard InChI is InChI=1S/C29H62O3SSi/c1-4-30-34(31-5-2,32-6-3)29-27-25-23-21-19-17-15-13-11-9-7-8-10-12-14-16-18-20-22-24-26-28-33/h33H,4-29H2,1-3H3. The first kappa shape index (κ1) is 34.4. The second-order valence-corrected chi connectivity index (χ2v) is 13.1. The monoisotopic (exact) mass is 518 g/mol. The van der Waals surface area contributed by atoms with Crippen molar-refractivity contribution >= 4 is 21.4 Å². The van der Waals surface area contributed by atoms with Crippen molar-refractivity contribution < 1.29 is 13.3 Å². The van der Waals surface area contributed by atoms with Crippen molar-refractivity contribution in [1.29, 1.82) is 0 Å². The van der Waals surface area contributed by atoms with Crippen LogP contribution in [0.15, 0.2) is 0 Å². The lowest BCUT2D eigenvalue weighted by Crippen LogP contribution is -2.45. The van der Waals surface area contributed by atoms with Gasteiger partial charge in [-0.05, 0) is 39.4 Å². The molecule has 0 aliphatic heterocycles. The molecule has 0 aromatic carbocycles. The molecule has 5 heteroatoms. The molecule has 0 atom stereocenters. The molecule has 0 aliphatic carbocycles. The largest absolute Gasteiger partial charge is 0.500 e. The molecule has 34 heavy (non-hydrogen) atoms. The molecule has 0 rings (SSSR count). The minimum atomic E-state index is -2.41. The molecule has 3 nitrogen and oxygen atoms in total. The van der Waals surface area contributed by atoms with Gasteiger partial charge in [-0.3, -0.25) is 0 Å². The number of hydrogen-bond acceptors (Lipinski definition) is 4. The molecular weight excluding hydrogens is 456 g/mol. The van der Waals surface area contributed by atoms with Crippen LogP contribution in [0.3, 0.4) is 0 Å². The maximum absolute atomic E-state index is 5.95. The van der Waals surface area contributed by atoms with Gasteiger partial charge in [-0.25, -0.2) is 0 Å². The van der Waals surface area contributed by atoms with E-state index in [4.69, 9.17) is 13.3 Å². The Morgan fingerprint density at radius 2 is 0.618 bits per heavy atom. The number of thiol groups is 1. The van der Waals surface area contributed by atoms with Crippen LogP contribution in [-0.4, -0.2) is 34.4 Å². The first-order valence-electron chi connectivity index (χ1n) is 15.3. The minimum Gasteiger partial charge on any atom is -0.374 e. The van der Waals surface area contributed by atoms with Crippen LogP contribution in [0.25, 0.3) is 0 Å². The number of rotatable bonds is 29. The Bertz CT molecular complexity index is 367. The maximum atomic E-state index is 5.95. The first-order chi connectivity index (χ1) is 16.7. The van der Waals surface area contributed by atoms with Crippen molar-refractivity contribution in [3.05, 3.63) is 0 Å². The Kier molecular flexibility index (Phi) is 28.4. The van der Waals surface area contributed by atoms with Crippen LogP contribution in [-0.2, 0) is 13.3 Å². The molecule has 0 N–H and O–H groups in total. The molecule has 0 unspecified atom stereocenters. The zero-order valence-corrected chi connectivity index (χ0v) is 25.5. The van der Waals surface area contributed by atoms with Crippen molar-refractivity contribution in [1.82, 2.24) is 0 Å². The van der Waals surface area contributed by atoms with Gasteiger partial charge in [0.15, 0.2) is 0 Å². The molecule has 0 saturated heterocycles. The lowest BCUT2D eigenvalue weighted by Gasteiger charge is -2.28. The molecule has 0 heterocycles. The fourth-order valence-corrected chi connectivity index (χ4v) is 7.72. The van der Waals surface area contributed by atoms with Crippen LogP contribution >= 0.6 is 12.6 Å². The highest BCUT2D eigenvalue weighted by Crippen LogP contribution is 2.21. The fourth-order valence-electron chi connectivity index (χ4n) is 4.81. The molecule has 0 fully saturated rings. The molecule has 0 spiro atoms. The van der Waals surface area contributed by atoms with Gasteiger partial charge in [0.1, 0.15) is 0 Å². The van der Waals surface area contributed by atoms with Crippen molar-refractivity contribution in [3.8, 4) is 0 Å². The minimum absolute atomic E-state index is 0.684. The zero-order valence-electron chi connectivity index (χ0n) is 23.6. The molecule has 0 bridgehead atoms. The van der Waals surface area contributed by atoms with Gasteiger partial charge < -0.3 is 13.3 Å². The lowest BCUT2D eigenvalue weighted by atomic mass is 10.0. The van der Waals surface area contributed by atoms with E-state index in [1.807, 2.05) is 20.8 Å². The zero-order chi connectivity index (χ0) is 25.0. The Hall–Kier alpha value is 0.447. The van der Waals surface area contributed by atoms with E-state index in [-0.39, 0.29) is 0 Å². The normalized spacial score (nSPS) is 12.0. The summed E-state index contributed by atoms with van der Waals surface area (Å²) in [7, 11) is -2.41. The molecule has 0 aromatic heterocycles. The summed E-state index contributed by atoms with van der Waals surface area (Å²) in [5.41, 5.74) is 0. The smallest absolute Gasteiger partial charge is 0.374 e. The predicted molar refractivity (Wildman–Crippen MR) is 156 cm³/mol. The van der Waals surface area contributed by atoms with Crippen LogP contribution in [0, 0.1) is 0 Å². The molecule has 0 aliphatic rings. The van der Waals surface area contributed by atoms with Gasteiger partial charge in [0.05, 0.1) is 0 Å². The van der Waals surface area contributed by atoms with Crippen molar-refractivity contribution in [3.63, 3.8) is 0 Å². The van der Waals surface area contributed by atoms with Gasteiger partial charge in [-0.2, -0.15) is 12.6 Å². The van der Waals surface area contributed by atoms with E-state index in [0.29, 0.717) is 19.8 Å². The molecule has 0 radical (unpaired) electrons. The summed E-state index contributed by atoms with van der Waals surface area (Å²) in [5, 5.41) is 0. The van der Waals surface area contributed by atoms with Crippen LogP contribution in [0.2, 0.25) is 6.04 Å². The Balaban J connectivity index is 3.33. The Morgan fingerprint density at radius 1 is 0.382 bits per heavy atom. The second-order valence-electron chi connectivity index (χ2n) is 9.88. The topological polar surface area (TPSA) is 27.7 Å². The lowest BCUT2D eigenvalue weighted by molar-refractivity contribution is 0.0706. The van der Waals surface area contributed by atoms with E-state index < -0.39 is 8.80 Å². The summed E-state index contributed by atoms with van der Waals surface area (Å²) in [6, 6.07) is 0.972. The summed E-state index contributed by atoms with van der Waals surface area (Å²) in [6.45, 7) is 8.17. The molecule has 0 aromatic rings. The molecule has 0 saturated carbocycles. The van der Waals surface area contributed by atoms with Crippen LogP contribution < -0.4 is 0 Å². The molecular formula is C29H62O3SSi. The summed E-state index contributed by atoms with van der Waals surface area (Å²) in [5.74, 6) is 1.06. The Labute approximate surface area is 221 Å². The van der Waals surface area contributed by atoms with Crippen LogP contribution in [0.5, 0.6) is 0 Å². The van der Waals surface area contributed by atoms with Gasteiger partial charge in [-0.1, -0.05) is 122 Å². The summed E-state index contributed by atoms with van der Waals surface area (Å²) in [6.07, 6.45) is 29.5. The van der Waals surface area contributed by atoms with E-state index in [2.05, 4.69) is 12.6 Å². The average Bonchev–Trinajstić information content (AvgIpc) is 2.83. The average molecular weight is 519 g/mol.